The summed E-state index contributed by atoms with van der Waals surface area (Å²) in [6, 6.07) is -0.764. The van der Waals surface area contributed by atoms with E-state index in [1.165, 1.54) is 28.4 Å². The second-order valence-electron chi connectivity index (χ2n) is 28.9. The number of nitrogens with one attached hydrogen (secondary N) is 1. The number of aliphatic hydroxyl groups is 1. The highest BCUT2D eigenvalue weighted by atomic mass is 35.5. The number of esters is 2. The van der Waals surface area contributed by atoms with Gasteiger partial charge in [-0.05, 0) is 101 Å². The summed E-state index contributed by atoms with van der Waals surface area (Å²) in [5.41, 5.74) is -1.71. The average Bonchev–Trinajstić information content (AvgIpc) is 1.22. The van der Waals surface area contributed by atoms with Gasteiger partial charge in [0.05, 0.1) is 96.1 Å². The Morgan fingerprint density at radius 3 is 1.43 bits per heavy atom. The van der Waals surface area contributed by atoms with E-state index in [0.29, 0.717) is 17.0 Å². The van der Waals surface area contributed by atoms with Gasteiger partial charge in [-0.25, -0.2) is 91.6 Å². The summed E-state index contributed by atoms with van der Waals surface area (Å²) in [5.74, 6) is -19.9. The first kappa shape index (κ1) is 93.9. The number of hydrogen-bond donors (Lipinski definition) is 5. The zero-order chi connectivity index (χ0) is 82.4. The Hall–Kier alpha value is -7.50. The molecule has 1 saturated carbocycles. The zero-order valence-corrected chi connectivity index (χ0v) is 63.5. The molecule has 5 N–H and O–H groups in total. The van der Waals surface area contributed by atoms with Gasteiger partial charge in [0.1, 0.15) is 55.1 Å². The number of carboxylic acids is 3. The Balaban J connectivity index is 0.000000305. The molecule has 4 saturated heterocycles. The molecule has 6 aliphatic rings. The number of amides is 3. The molecule has 1 aromatic carbocycles. The van der Waals surface area contributed by atoms with E-state index in [9.17, 15) is 86.7 Å². The highest BCUT2D eigenvalue weighted by Gasteiger charge is 2.52. The first-order valence-corrected chi connectivity index (χ1v) is 35.5. The fourth-order valence-corrected chi connectivity index (χ4v) is 12.2. The van der Waals surface area contributed by atoms with Gasteiger partial charge in [0.25, 0.3) is 23.7 Å². The van der Waals surface area contributed by atoms with Crippen LogP contribution in [-0.2, 0) is 66.6 Å². The molecular formula is C68H95ClF11N7O21S. The molecule has 5 aliphatic heterocycles. The molecule has 1 aliphatic carbocycles. The minimum Gasteiger partial charge on any atom is -0.480 e. The summed E-state index contributed by atoms with van der Waals surface area (Å²) in [5, 5.41) is 39.7. The van der Waals surface area contributed by atoms with Crippen LogP contribution in [0.15, 0.2) is 46.0 Å². The quantitative estimate of drug-likeness (QED) is 0.0370. The summed E-state index contributed by atoms with van der Waals surface area (Å²) in [7, 11) is 0. The molecule has 0 spiro atoms. The van der Waals surface area contributed by atoms with Gasteiger partial charge in [0.15, 0.2) is 10.8 Å². The highest BCUT2D eigenvalue weighted by molar-refractivity contribution is 7.11. The molecule has 5 fully saturated rings. The fraction of sp³-hybridized carbons (Fsp3) is 0.706. The number of nitrogens with zero attached hydrogens (tertiary/aromatic N) is 6. The predicted octanol–water partition coefficient (Wildman–Crippen LogP) is 10.7. The van der Waals surface area contributed by atoms with E-state index >= 15 is 0 Å². The second-order valence-corrected chi connectivity index (χ2v) is 30.2. The molecular weight excluding hydrogens is 1530 g/mol. The molecule has 0 bridgehead atoms. The first-order chi connectivity index (χ1) is 50.3. The van der Waals surface area contributed by atoms with Crippen LogP contribution >= 0.6 is 22.9 Å². The Labute approximate surface area is 630 Å². The number of carbonyl (C=O) groups is 8. The van der Waals surface area contributed by atoms with Crippen molar-refractivity contribution in [2.24, 2.45) is 10.9 Å². The Morgan fingerprint density at radius 1 is 0.587 bits per heavy atom. The van der Waals surface area contributed by atoms with E-state index in [0.717, 1.165) is 20.8 Å². The number of aromatic nitrogens is 1. The average molecular weight is 1620 g/mol. The van der Waals surface area contributed by atoms with Crippen molar-refractivity contribution in [1.82, 2.24) is 29.9 Å². The SMILES string of the molecule is CC(C)(C)OC(=O)N1CC(F)(F)CC1CO.CC(C)(C)OC(=O)N1CC(F)(F)CC1COCC(=O)O.CCOC(=O)C1=C(CN2CC(F)(F)CC2COCC(=O)O)NC(c2nccs2)=N[C@H]1c1ccc(F)cc1Cl.CCOC(=O)COCC1CC(F)(F)CN1C(=O)OC(C)(C)C.O=C(O)COCC1CCC(F)(F)C1. The van der Waals surface area contributed by atoms with Crippen molar-refractivity contribution in [2.45, 2.75) is 198 Å². The minimum absolute atomic E-state index is 0.0212. The van der Waals surface area contributed by atoms with Crippen molar-refractivity contribution >= 4 is 76.9 Å². The third kappa shape index (κ3) is 33.5. The first-order valence-electron chi connectivity index (χ1n) is 34.2. The van der Waals surface area contributed by atoms with Crippen LogP contribution in [0.25, 0.3) is 0 Å². The maximum Gasteiger partial charge on any atom is 0.410 e. The number of likely N-dealkylation sites (tertiary alicyclic amines) is 4. The third-order valence-corrected chi connectivity index (χ3v) is 16.7. The van der Waals surface area contributed by atoms with Gasteiger partial charge in [-0.15, -0.1) is 11.3 Å². The molecule has 2 aromatic rings. The molecule has 618 valence electrons. The largest absolute Gasteiger partial charge is 0.480 e. The summed E-state index contributed by atoms with van der Waals surface area (Å²) in [6.07, 6.45) is -2.89. The summed E-state index contributed by atoms with van der Waals surface area (Å²) in [6.45, 7) is 12.4. The molecule has 6 atom stereocenters. The number of rotatable bonds is 24. The van der Waals surface area contributed by atoms with Crippen LogP contribution in [0.4, 0.5) is 62.7 Å². The topological polar surface area (TPSA) is 351 Å². The highest BCUT2D eigenvalue weighted by Crippen LogP contribution is 2.42. The monoisotopic (exact) mass is 1620 g/mol. The number of halogens is 12. The molecule has 109 heavy (non-hydrogen) atoms. The lowest BCUT2D eigenvalue weighted by atomic mass is 9.95. The number of aliphatic hydroxyl groups excluding tert-OH is 1. The number of aliphatic imine (C=N–C) groups is 1. The zero-order valence-electron chi connectivity index (χ0n) is 62.0. The number of thiazole rings is 1. The summed E-state index contributed by atoms with van der Waals surface area (Å²) < 4.78 is 193. The van der Waals surface area contributed by atoms with Crippen LogP contribution in [-0.4, -0.2) is 275 Å². The van der Waals surface area contributed by atoms with Crippen LogP contribution < -0.4 is 5.32 Å². The van der Waals surface area contributed by atoms with Gasteiger partial charge >= 0.3 is 48.1 Å². The van der Waals surface area contributed by atoms with E-state index in [2.05, 4.69) is 20.0 Å². The van der Waals surface area contributed by atoms with Gasteiger partial charge in [0, 0.05) is 79.0 Å². The molecule has 1 aromatic heterocycles. The number of benzene rings is 1. The van der Waals surface area contributed by atoms with E-state index in [4.69, 9.17) is 69.9 Å². The van der Waals surface area contributed by atoms with Crippen LogP contribution in [0.3, 0.4) is 0 Å². The standard InChI is InChI=1S/C24H24ClF3N4O5S.C14H23F2NO5.C12H19F2NO5.C10H17F2NO3.C8H12F2O3/c1-2-37-23(35)19-17(9-32-12-24(27,28)8-14(32)10-36-11-18(33)34)30-21(22-29-5-6-38-22)31-20(19)15-4-3-13(26)7-16(15)25;1-5-21-11(18)8-20-7-10-6-14(15,16)9-17(10)12(19)22-13(2,3)4;1-11(2,3)20-10(18)15-7-12(13,14)4-8(15)5-19-6-9(16)17;1-9(2,3)16-8(15)13-6-10(11,12)4-7(13)5-14;9-8(10)2-1-6(3-8)4-13-5-7(11)12/h3-7,14,20H,2,8-12H2,1H3,(H,30,31)(H,33,34);10H,5-9H2,1-4H3;8H,4-7H2,1-3H3,(H,16,17);7,14H,4-6H2,1-3H3;6H,1-5H2,(H,11,12)/t14?,20-;;;;/m0..../s1. The number of carboxylic acid groups (broad SMARTS) is 3. The lowest BCUT2D eigenvalue weighted by molar-refractivity contribution is -0.149. The summed E-state index contributed by atoms with van der Waals surface area (Å²) in [4.78, 5) is 104. The molecule has 5 unspecified atom stereocenters. The maximum absolute atomic E-state index is 14.5. The van der Waals surface area contributed by atoms with Crippen molar-refractivity contribution in [1.29, 1.82) is 0 Å². The normalized spacial score (nSPS) is 22.3. The van der Waals surface area contributed by atoms with Gasteiger partial charge in [0.2, 0.25) is 5.92 Å². The molecule has 6 heterocycles. The Kier molecular flexibility index (Phi) is 35.0. The number of alkyl halides is 10. The number of aliphatic carboxylic acids is 3. The molecule has 41 heteroatoms. The van der Waals surface area contributed by atoms with Crippen molar-refractivity contribution in [3.63, 3.8) is 0 Å². The van der Waals surface area contributed by atoms with Crippen LogP contribution in [0.5, 0.6) is 0 Å². The minimum atomic E-state index is -3.05. The van der Waals surface area contributed by atoms with E-state index < -0.39 is 209 Å². The molecule has 0 radical (unpaired) electrons. The number of carbonyl (C=O) groups excluding carboxylic acids is 5. The van der Waals surface area contributed by atoms with Crippen LogP contribution in [0.1, 0.15) is 138 Å². The van der Waals surface area contributed by atoms with E-state index in [1.54, 1.807) is 87.7 Å². The molecule has 28 nitrogen and oxygen atoms in total. The van der Waals surface area contributed by atoms with Crippen molar-refractivity contribution in [3.8, 4) is 0 Å². The lowest BCUT2D eigenvalue weighted by Gasteiger charge is -2.31. The lowest BCUT2D eigenvalue weighted by Crippen LogP contribution is -2.42. The molecule has 3 amide bonds. The van der Waals surface area contributed by atoms with Gasteiger partial charge in [-0.1, -0.05) is 17.7 Å². The fourth-order valence-electron chi connectivity index (χ4n) is 11.4. The summed E-state index contributed by atoms with van der Waals surface area (Å²) >= 11 is 7.62. The predicted molar refractivity (Wildman–Crippen MR) is 366 cm³/mol. The van der Waals surface area contributed by atoms with E-state index in [1.807, 2.05) is 0 Å². The van der Waals surface area contributed by atoms with Crippen LogP contribution in [0, 0.1) is 11.7 Å². The van der Waals surface area contributed by atoms with Gasteiger partial charge < -0.3 is 68.4 Å². The third-order valence-electron chi connectivity index (χ3n) is 15.6. The number of amidine groups is 1. The van der Waals surface area contributed by atoms with Gasteiger partial charge in [-0.3, -0.25) is 24.6 Å². The van der Waals surface area contributed by atoms with Crippen molar-refractivity contribution < 1.29 is 150 Å². The second kappa shape index (κ2) is 40.6. The molecule has 8 rings (SSSR count). The van der Waals surface area contributed by atoms with Gasteiger partial charge in [-0.2, -0.15) is 0 Å². The maximum atomic E-state index is 14.5. The Bertz CT molecular complexity index is 3440. The Morgan fingerprint density at radius 2 is 1.02 bits per heavy atom. The number of hydrogen-bond acceptors (Lipinski definition) is 23. The van der Waals surface area contributed by atoms with Crippen molar-refractivity contribution in [2.75, 3.05) is 105 Å². The van der Waals surface area contributed by atoms with Crippen molar-refractivity contribution in [3.05, 3.63) is 62.5 Å². The van der Waals surface area contributed by atoms with Crippen LogP contribution in [0.2, 0.25) is 5.02 Å². The van der Waals surface area contributed by atoms with E-state index in [-0.39, 0.29) is 93.7 Å². The number of ether oxygens (including phenoxy) is 9. The smallest absolute Gasteiger partial charge is 0.410 e.